The summed E-state index contributed by atoms with van der Waals surface area (Å²) in [6.45, 7) is 2.24. The number of rotatable bonds is 1. The zero-order chi connectivity index (χ0) is 20.4. The molecule has 2 aromatic carbocycles. The zero-order valence-electron chi connectivity index (χ0n) is 16.1. The lowest BCUT2D eigenvalue weighted by Crippen LogP contribution is -2.31. The number of benzene rings is 2. The van der Waals surface area contributed by atoms with Crippen molar-refractivity contribution in [3.63, 3.8) is 0 Å². The number of H-pyrrole nitrogens is 1. The Balaban J connectivity index is 1.88. The van der Waals surface area contributed by atoms with E-state index in [-0.39, 0.29) is 5.43 Å². The van der Waals surface area contributed by atoms with Crippen molar-refractivity contribution in [2.24, 2.45) is 7.05 Å². The highest BCUT2D eigenvalue weighted by Gasteiger charge is 2.32. The Bertz CT molecular complexity index is 1500. The van der Waals surface area contributed by atoms with Gasteiger partial charge < -0.3 is 14.2 Å². The van der Waals surface area contributed by atoms with Crippen LogP contribution >= 0.6 is 0 Å². The minimum Gasteiger partial charge on any atom is -0.456 e. The fourth-order valence-electron chi connectivity index (χ4n) is 4.01. The molecule has 8 nitrogen and oxygen atoms in total. The van der Waals surface area contributed by atoms with Crippen molar-refractivity contribution < 1.29 is 4.42 Å². The fraction of sp³-hybridized carbons (Fsp3) is 0.190. The summed E-state index contributed by atoms with van der Waals surface area (Å²) < 4.78 is 7.38. The van der Waals surface area contributed by atoms with Crippen LogP contribution in [0, 0.1) is 6.92 Å². The first-order valence-corrected chi connectivity index (χ1v) is 9.15. The highest BCUT2D eigenvalue weighted by atomic mass is 16.3. The molecule has 2 aromatic heterocycles. The number of aromatic nitrogens is 2. The van der Waals surface area contributed by atoms with E-state index in [9.17, 15) is 14.4 Å². The lowest BCUT2D eigenvalue weighted by atomic mass is 10.1. The van der Waals surface area contributed by atoms with Crippen LogP contribution in [0.4, 0.5) is 17.2 Å². The summed E-state index contributed by atoms with van der Waals surface area (Å²) in [5, 5.41) is 0.914. The lowest BCUT2D eigenvalue weighted by molar-refractivity contribution is 0.659. The summed E-state index contributed by atoms with van der Waals surface area (Å²) in [6.07, 6.45) is 0. The maximum absolute atomic E-state index is 13.4. The summed E-state index contributed by atoms with van der Waals surface area (Å²) in [7, 11) is 3.36. The molecule has 0 unspecified atom stereocenters. The Morgan fingerprint density at radius 1 is 1.03 bits per heavy atom. The molecule has 1 N–H and O–H groups in total. The van der Waals surface area contributed by atoms with Crippen molar-refractivity contribution in [2.45, 2.75) is 6.92 Å². The van der Waals surface area contributed by atoms with Crippen LogP contribution in [-0.2, 0) is 7.05 Å². The van der Waals surface area contributed by atoms with Gasteiger partial charge in [-0.05, 0) is 31.2 Å². The van der Waals surface area contributed by atoms with Crippen LogP contribution in [0.3, 0.4) is 0 Å². The van der Waals surface area contributed by atoms with Gasteiger partial charge in [-0.2, -0.15) is 0 Å². The number of aromatic amines is 1. The van der Waals surface area contributed by atoms with Gasteiger partial charge in [-0.25, -0.2) is 4.79 Å². The average molecular weight is 390 g/mol. The smallest absolute Gasteiger partial charge is 0.329 e. The molecule has 0 saturated carbocycles. The Morgan fingerprint density at radius 2 is 1.83 bits per heavy atom. The molecule has 0 spiro atoms. The van der Waals surface area contributed by atoms with Gasteiger partial charge in [0.1, 0.15) is 22.7 Å². The summed E-state index contributed by atoms with van der Waals surface area (Å²) in [5.74, 6) is 0.442. The molecule has 1 aliphatic heterocycles. The number of anilines is 3. The van der Waals surface area contributed by atoms with Crippen LogP contribution in [0.2, 0.25) is 0 Å². The predicted molar refractivity (Wildman–Crippen MR) is 112 cm³/mol. The number of hydrogen-bond donors (Lipinski definition) is 1. The molecule has 0 fully saturated rings. The van der Waals surface area contributed by atoms with Gasteiger partial charge in [-0.15, -0.1) is 0 Å². The van der Waals surface area contributed by atoms with E-state index < -0.39 is 11.2 Å². The molecule has 0 aliphatic carbocycles. The van der Waals surface area contributed by atoms with Gasteiger partial charge in [-0.3, -0.25) is 19.1 Å². The van der Waals surface area contributed by atoms with Gasteiger partial charge in [0.05, 0.1) is 23.1 Å². The number of nitrogens with one attached hydrogen (secondary N) is 1. The Hall–Kier alpha value is -3.81. The van der Waals surface area contributed by atoms with E-state index in [1.165, 1.54) is 4.57 Å². The highest BCUT2D eigenvalue weighted by Crippen LogP contribution is 2.39. The maximum Gasteiger partial charge on any atom is 0.329 e. The molecule has 1 aliphatic rings. The van der Waals surface area contributed by atoms with Crippen molar-refractivity contribution in [3.8, 4) is 0 Å². The highest BCUT2D eigenvalue weighted by molar-refractivity contribution is 6.00. The van der Waals surface area contributed by atoms with Crippen molar-refractivity contribution >= 4 is 39.1 Å². The van der Waals surface area contributed by atoms with E-state index in [0.29, 0.717) is 45.8 Å². The number of nitrogens with zero attached hydrogens (tertiary/aromatic N) is 3. The normalized spacial score (nSPS) is 13.5. The SMILES string of the molecule is Cc1ccc2oc3cccc(N4CN(C)c5c4n(C)c(=O)[nH]c5=O)c3c(=O)c2c1. The van der Waals surface area contributed by atoms with E-state index in [1.807, 2.05) is 19.1 Å². The molecular formula is C21H18N4O4. The Kier molecular flexibility index (Phi) is 3.48. The molecule has 3 heterocycles. The minimum absolute atomic E-state index is 0.147. The van der Waals surface area contributed by atoms with Crippen LogP contribution in [0.25, 0.3) is 21.9 Å². The Morgan fingerprint density at radius 3 is 2.62 bits per heavy atom. The summed E-state index contributed by atoms with van der Waals surface area (Å²) in [5.41, 5.74) is 1.79. The van der Waals surface area contributed by atoms with Crippen molar-refractivity contribution in [3.05, 3.63) is 73.0 Å². The molecule has 0 bridgehead atoms. The standard InChI is InChI=1S/C21H18N4O4/c1-11-7-8-14-12(9-11)18(26)16-13(5-4-6-15(16)29-14)25-10-23(2)17-19(27)22-21(28)24(3)20(17)25/h4-9H,10H2,1-3H3,(H,22,27,28). The molecule has 0 atom stereocenters. The summed E-state index contributed by atoms with van der Waals surface area (Å²) in [4.78, 5) is 43.9. The number of hydrogen-bond acceptors (Lipinski definition) is 6. The summed E-state index contributed by atoms with van der Waals surface area (Å²) >= 11 is 0. The predicted octanol–water partition coefficient (Wildman–Crippen LogP) is 2.19. The van der Waals surface area contributed by atoms with E-state index in [2.05, 4.69) is 4.98 Å². The third-order valence-electron chi connectivity index (χ3n) is 5.38. The second-order valence-corrected chi connectivity index (χ2v) is 7.34. The van der Waals surface area contributed by atoms with Gasteiger partial charge >= 0.3 is 5.69 Å². The molecule has 29 heavy (non-hydrogen) atoms. The van der Waals surface area contributed by atoms with E-state index >= 15 is 0 Å². The molecule has 4 aromatic rings. The first-order chi connectivity index (χ1) is 13.9. The second-order valence-electron chi connectivity index (χ2n) is 7.34. The quantitative estimate of drug-likeness (QED) is 0.501. The summed E-state index contributed by atoms with van der Waals surface area (Å²) in [6, 6.07) is 10.8. The molecule has 5 rings (SSSR count). The largest absolute Gasteiger partial charge is 0.456 e. The van der Waals surface area contributed by atoms with Crippen LogP contribution < -0.4 is 26.5 Å². The van der Waals surface area contributed by atoms with E-state index in [0.717, 1.165) is 5.56 Å². The monoisotopic (exact) mass is 390 g/mol. The first kappa shape index (κ1) is 17.3. The Labute approximate surface area is 164 Å². The van der Waals surface area contributed by atoms with Gasteiger partial charge in [0, 0.05) is 14.1 Å². The van der Waals surface area contributed by atoms with Gasteiger partial charge in [0.15, 0.2) is 0 Å². The first-order valence-electron chi connectivity index (χ1n) is 9.15. The lowest BCUT2D eigenvalue weighted by Gasteiger charge is -2.21. The van der Waals surface area contributed by atoms with Gasteiger partial charge in [0.2, 0.25) is 5.43 Å². The van der Waals surface area contributed by atoms with Crippen LogP contribution in [-0.4, -0.2) is 23.3 Å². The molecule has 0 amide bonds. The van der Waals surface area contributed by atoms with Crippen molar-refractivity contribution in [2.75, 3.05) is 23.5 Å². The van der Waals surface area contributed by atoms with Crippen LogP contribution in [0.1, 0.15) is 5.56 Å². The third kappa shape index (κ3) is 2.35. The van der Waals surface area contributed by atoms with E-state index in [1.54, 1.807) is 48.2 Å². The fourth-order valence-corrected chi connectivity index (χ4v) is 4.01. The second kappa shape index (κ2) is 5.84. The molecule has 146 valence electrons. The van der Waals surface area contributed by atoms with Crippen molar-refractivity contribution in [1.29, 1.82) is 0 Å². The van der Waals surface area contributed by atoms with E-state index in [4.69, 9.17) is 4.42 Å². The molecular weight excluding hydrogens is 372 g/mol. The number of aryl methyl sites for hydroxylation is 1. The van der Waals surface area contributed by atoms with Crippen molar-refractivity contribution in [1.82, 2.24) is 9.55 Å². The third-order valence-corrected chi connectivity index (χ3v) is 5.38. The van der Waals surface area contributed by atoms with Crippen LogP contribution in [0.15, 0.2) is 55.2 Å². The zero-order valence-corrected chi connectivity index (χ0v) is 16.1. The molecule has 0 radical (unpaired) electrons. The van der Waals surface area contributed by atoms with Crippen LogP contribution in [0.5, 0.6) is 0 Å². The van der Waals surface area contributed by atoms with Gasteiger partial charge in [-0.1, -0.05) is 17.7 Å². The minimum atomic E-state index is -0.512. The molecule has 0 saturated heterocycles. The number of fused-ring (bicyclic) bond motifs is 3. The topological polar surface area (TPSA) is 91.6 Å². The maximum atomic E-state index is 13.4. The average Bonchev–Trinajstić information content (AvgIpc) is 3.04. The van der Waals surface area contributed by atoms with Gasteiger partial charge in [0.25, 0.3) is 5.56 Å². The molecule has 8 heteroatoms.